The Balaban J connectivity index is 2.39. The van der Waals surface area contributed by atoms with E-state index in [1.54, 1.807) is 15.6 Å². The number of aliphatic hydroxyl groups excluding tert-OH is 1. The first-order valence-corrected chi connectivity index (χ1v) is 6.22. The monoisotopic (exact) mass is 298 g/mol. The lowest BCUT2D eigenvalue weighted by Gasteiger charge is -2.08. The molecule has 1 N–H and O–H groups in total. The van der Waals surface area contributed by atoms with Gasteiger partial charge in [0.2, 0.25) is 0 Å². The van der Waals surface area contributed by atoms with Gasteiger partial charge in [-0.25, -0.2) is 0 Å². The molecule has 0 fully saturated rings. The Labute approximate surface area is 108 Å². The third kappa shape index (κ3) is 2.28. The highest BCUT2D eigenvalue weighted by Gasteiger charge is 2.20. The number of nitrogens with zero attached hydrogens (tertiary/aromatic N) is 4. The summed E-state index contributed by atoms with van der Waals surface area (Å²) in [5.74, 6) is 0. The van der Waals surface area contributed by atoms with E-state index in [1.807, 2.05) is 27.1 Å². The molecule has 2 aromatic rings. The Kier molecular flexibility index (Phi) is 3.35. The summed E-state index contributed by atoms with van der Waals surface area (Å²) >= 11 is 3.34. The average molecular weight is 299 g/mol. The molecule has 2 rings (SSSR count). The van der Waals surface area contributed by atoms with E-state index in [2.05, 4.69) is 26.1 Å². The molecule has 0 aliphatic carbocycles. The second kappa shape index (κ2) is 4.62. The number of aliphatic hydroxyl groups is 1. The van der Waals surface area contributed by atoms with Crippen LogP contribution in [0.1, 0.15) is 30.0 Å². The molecular formula is C11H15BrN4O. The molecule has 0 aromatic carbocycles. The zero-order chi connectivity index (χ0) is 12.6. The van der Waals surface area contributed by atoms with Crippen LogP contribution in [0.25, 0.3) is 0 Å². The fraction of sp³-hybridized carbons (Fsp3) is 0.455. The predicted molar refractivity (Wildman–Crippen MR) is 67.6 cm³/mol. The minimum absolute atomic E-state index is 0.659. The number of halogens is 1. The van der Waals surface area contributed by atoms with Crippen molar-refractivity contribution in [2.24, 2.45) is 14.1 Å². The third-order valence-corrected chi connectivity index (χ3v) is 3.33. The van der Waals surface area contributed by atoms with Crippen molar-refractivity contribution in [2.45, 2.75) is 19.4 Å². The van der Waals surface area contributed by atoms with Gasteiger partial charge >= 0.3 is 0 Å². The maximum atomic E-state index is 10.3. The number of hydrogen-bond donors (Lipinski definition) is 1. The van der Waals surface area contributed by atoms with Crippen molar-refractivity contribution in [3.63, 3.8) is 0 Å². The maximum Gasteiger partial charge on any atom is 0.134 e. The minimum atomic E-state index is -0.712. The summed E-state index contributed by atoms with van der Waals surface area (Å²) in [7, 11) is 3.66. The van der Waals surface area contributed by atoms with E-state index in [-0.39, 0.29) is 0 Å². The molecule has 0 radical (unpaired) electrons. The van der Waals surface area contributed by atoms with Crippen molar-refractivity contribution in [3.05, 3.63) is 33.8 Å². The summed E-state index contributed by atoms with van der Waals surface area (Å²) < 4.78 is 4.04. The number of hydrogen-bond acceptors (Lipinski definition) is 3. The molecule has 0 saturated heterocycles. The fourth-order valence-corrected chi connectivity index (χ4v) is 2.36. The van der Waals surface area contributed by atoms with E-state index in [0.717, 1.165) is 23.4 Å². The van der Waals surface area contributed by atoms with E-state index in [9.17, 15) is 5.11 Å². The highest BCUT2D eigenvalue weighted by atomic mass is 79.9. The van der Waals surface area contributed by atoms with Crippen LogP contribution in [0.15, 0.2) is 16.9 Å². The van der Waals surface area contributed by atoms with Gasteiger partial charge in [-0.15, -0.1) is 0 Å². The summed E-state index contributed by atoms with van der Waals surface area (Å²) in [6, 6.07) is 1.92. The van der Waals surface area contributed by atoms with E-state index >= 15 is 0 Å². The molecule has 0 spiro atoms. The van der Waals surface area contributed by atoms with Gasteiger partial charge in [-0.2, -0.15) is 10.2 Å². The van der Waals surface area contributed by atoms with Gasteiger partial charge in [-0.1, -0.05) is 6.92 Å². The van der Waals surface area contributed by atoms with Crippen LogP contribution >= 0.6 is 15.9 Å². The van der Waals surface area contributed by atoms with Gasteiger partial charge in [0.05, 0.1) is 11.4 Å². The van der Waals surface area contributed by atoms with Crippen LogP contribution in [0.5, 0.6) is 0 Å². The average Bonchev–Trinajstić information content (AvgIpc) is 2.81. The second-order valence-electron chi connectivity index (χ2n) is 3.99. The zero-order valence-corrected chi connectivity index (χ0v) is 11.6. The number of aryl methyl sites for hydroxylation is 3. The van der Waals surface area contributed by atoms with Gasteiger partial charge in [0.15, 0.2) is 0 Å². The van der Waals surface area contributed by atoms with Crippen molar-refractivity contribution in [2.75, 3.05) is 0 Å². The van der Waals surface area contributed by atoms with Crippen LogP contribution < -0.4 is 0 Å². The summed E-state index contributed by atoms with van der Waals surface area (Å²) in [4.78, 5) is 0. The normalized spacial score (nSPS) is 13.0. The standard InChI is InChI=1S/C11H15BrN4O/c1-4-7-5-9(16(3)13-7)10(17)8-6-15(2)14-11(8)12/h5-6,10,17H,4H2,1-3H3. The molecule has 6 heteroatoms. The van der Waals surface area contributed by atoms with E-state index in [0.29, 0.717) is 4.60 Å². The Hall–Kier alpha value is -1.14. The van der Waals surface area contributed by atoms with Gasteiger partial charge in [0, 0.05) is 25.9 Å². The van der Waals surface area contributed by atoms with Gasteiger partial charge < -0.3 is 5.11 Å². The summed E-state index contributed by atoms with van der Waals surface area (Å²) in [5, 5.41) is 18.8. The van der Waals surface area contributed by atoms with Crippen molar-refractivity contribution in [3.8, 4) is 0 Å². The first kappa shape index (κ1) is 12.3. The van der Waals surface area contributed by atoms with Crippen LogP contribution in [-0.4, -0.2) is 24.7 Å². The van der Waals surface area contributed by atoms with Gasteiger partial charge in [0.25, 0.3) is 0 Å². The lowest BCUT2D eigenvalue weighted by Crippen LogP contribution is -2.06. The van der Waals surface area contributed by atoms with Crippen LogP contribution in [-0.2, 0) is 20.5 Å². The zero-order valence-electron chi connectivity index (χ0n) is 10.1. The van der Waals surface area contributed by atoms with Crippen molar-refractivity contribution in [1.29, 1.82) is 0 Å². The van der Waals surface area contributed by atoms with Gasteiger partial charge in [-0.3, -0.25) is 9.36 Å². The van der Waals surface area contributed by atoms with Crippen molar-refractivity contribution < 1.29 is 5.11 Å². The Morgan fingerprint density at radius 3 is 2.59 bits per heavy atom. The largest absolute Gasteiger partial charge is 0.382 e. The molecule has 0 aliphatic heterocycles. The Morgan fingerprint density at radius 2 is 2.12 bits per heavy atom. The third-order valence-electron chi connectivity index (χ3n) is 2.71. The molecule has 0 amide bonds. The first-order valence-electron chi connectivity index (χ1n) is 5.42. The fourth-order valence-electron chi connectivity index (χ4n) is 1.79. The molecule has 0 aliphatic rings. The molecule has 1 unspecified atom stereocenters. The molecule has 0 bridgehead atoms. The second-order valence-corrected chi connectivity index (χ2v) is 4.74. The van der Waals surface area contributed by atoms with Gasteiger partial charge in [-0.05, 0) is 28.4 Å². The van der Waals surface area contributed by atoms with Crippen LogP contribution in [0.4, 0.5) is 0 Å². The Bertz CT molecular complexity index is 532. The Morgan fingerprint density at radius 1 is 1.41 bits per heavy atom. The minimum Gasteiger partial charge on any atom is -0.382 e. The van der Waals surface area contributed by atoms with Gasteiger partial charge in [0.1, 0.15) is 10.7 Å². The van der Waals surface area contributed by atoms with E-state index in [4.69, 9.17) is 0 Å². The van der Waals surface area contributed by atoms with E-state index in [1.165, 1.54) is 0 Å². The first-order chi connectivity index (χ1) is 8.02. The van der Waals surface area contributed by atoms with E-state index < -0.39 is 6.10 Å². The van der Waals surface area contributed by atoms with Crippen LogP contribution in [0.2, 0.25) is 0 Å². The molecule has 5 nitrogen and oxygen atoms in total. The molecule has 0 saturated carbocycles. The summed E-state index contributed by atoms with van der Waals surface area (Å²) in [6.07, 6.45) is 1.94. The predicted octanol–water partition coefficient (Wildman–Crippen LogP) is 1.56. The summed E-state index contributed by atoms with van der Waals surface area (Å²) in [5.41, 5.74) is 2.50. The van der Waals surface area contributed by atoms with Crippen LogP contribution in [0.3, 0.4) is 0 Å². The molecule has 17 heavy (non-hydrogen) atoms. The SMILES string of the molecule is CCc1cc(C(O)c2cn(C)nc2Br)n(C)n1. The quantitative estimate of drug-likeness (QED) is 0.936. The maximum absolute atomic E-state index is 10.3. The summed E-state index contributed by atoms with van der Waals surface area (Å²) in [6.45, 7) is 2.04. The smallest absolute Gasteiger partial charge is 0.134 e. The molecule has 2 aromatic heterocycles. The van der Waals surface area contributed by atoms with Crippen molar-refractivity contribution >= 4 is 15.9 Å². The molecule has 92 valence electrons. The highest BCUT2D eigenvalue weighted by Crippen LogP contribution is 2.27. The molecule has 2 heterocycles. The molecule has 1 atom stereocenters. The van der Waals surface area contributed by atoms with Crippen molar-refractivity contribution in [1.82, 2.24) is 19.6 Å². The lowest BCUT2D eigenvalue weighted by molar-refractivity contribution is 0.209. The molecular weight excluding hydrogens is 284 g/mol. The topological polar surface area (TPSA) is 55.9 Å². The van der Waals surface area contributed by atoms with Crippen LogP contribution in [0, 0.1) is 0 Å². The lowest BCUT2D eigenvalue weighted by atomic mass is 10.1. The number of aromatic nitrogens is 4. The highest BCUT2D eigenvalue weighted by molar-refractivity contribution is 9.10. The number of rotatable bonds is 3.